The Kier molecular flexibility index (Phi) is 3.23. The van der Waals surface area contributed by atoms with Crippen LogP contribution >= 0.6 is 0 Å². The van der Waals surface area contributed by atoms with Gasteiger partial charge in [-0.2, -0.15) is 0 Å². The second-order valence-corrected chi connectivity index (χ2v) is 4.45. The number of rotatable bonds is 2. The molecule has 0 amide bonds. The maximum absolute atomic E-state index is 4.33. The highest BCUT2D eigenvalue weighted by molar-refractivity contribution is 5.55. The molecule has 0 aliphatic carbocycles. The van der Waals surface area contributed by atoms with Gasteiger partial charge in [-0.1, -0.05) is 0 Å². The summed E-state index contributed by atoms with van der Waals surface area (Å²) in [6.45, 7) is 4.14. The van der Waals surface area contributed by atoms with Crippen molar-refractivity contribution in [2.45, 2.75) is 6.42 Å². The Hall–Kier alpha value is -1.88. The number of nitrogens with zero attached hydrogens (tertiary/aromatic N) is 3. The van der Waals surface area contributed by atoms with E-state index >= 15 is 0 Å². The Morgan fingerprint density at radius 3 is 2.83 bits per heavy atom. The van der Waals surface area contributed by atoms with Gasteiger partial charge >= 0.3 is 0 Å². The van der Waals surface area contributed by atoms with Crippen molar-refractivity contribution in [2.75, 3.05) is 31.1 Å². The third-order valence-corrected chi connectivity index (χ3v) is 3.19. The van der Waals surface area contributed by atoms with Gasteiger partial charge in [0.15, 0.2) is 5.82 Å². The molecule has 0 spiro atoms. The Morgan fingerprint density at radius 2 is 2.06 bits per heavy atom. The van der Waals surface area contributed by atoms with Crippen LogP contribution in [0.5, 0.6) is 0 Å². The molecule has 0 bridgehead atoms. The SMILES string of the molecule is c1c[nH]c(-c2ccc(N3CCCNCC3)nn2)c1. The third kappa shape index (κ3) is 2.36. The molecule has 0 aromatic carbocycles. The lowest BCUT2D eigenvalue weighted by Crippen LogP contribution is -2.28. The molecule has 0 atom stereocenters. The highest BCUT2D eigenvalue weighted by Crippen LogP contribution is 2.16. The molecule has 18 heavy (non-hydrogen) atoms. The molecule has 5 heteroatoms. The zero-order chi connectivity index (χ0) is 12.2. The van der Waals surface area contributed by atoms with Crippen LogP contribution in [0.3, 0.4) is 0 Å². The standard InChI is InChI=1S/C13H17N5/c1-3-11(15-7-1)12-4-5-13(17-16-12)18-9-2-6-14-8-10-18/h1,3-5,7,14-15H,2,6,8-10H2. The lowest BCUT2D eigenvalue weighted by Gasteiger charge is -2.20. The van der Waals surface area contributed by atoms with Gasteiger partial charge in [-0.05, 0) is 37.2 Å². The maximum Gasteiger partial charge on any atom is 0.151 e. The second kappa shape index (κ2) is 5.18. The summed E-state index contributed by atoms with van der Waals surface area (Å²) < 4.78 is 0. The van der Waals surface area contributed by atoms with E-state index in [1.165, 1.54) is 0 Å². The smallest absolute Gasteiger partial charge is 0.151 e. The molecule has 1 aliphatic heterocycles. The number of H-pyrrole nitrogens is 1. The molecule has 3 heterocycles. The first kappa shape index (κ1) is 11.2. The van der Waals surface area contributed by atoms with Crippen LogP contribution in [0.15, 0.2) is 30.5 Å². The third-order valence-electron chi connectivity index (χ3n) is 3.19. The maximum atomic E-state index is 4.33. The van der Waals surface area contributed by atoms with Crippen molar-refractivity contribution in [3.63, 3.8) is 0 Å². The topological polar surface area (TPSA) is 56.8 Å². The Morgan fingerprint density at radius 1 is 1.06 bits per heavy atom. The number of anilines is 1. The van der Waals surface area contributed by atoms with Crippen molar-refractivity contribution in [2.24, 2.45) is 0 Å². The number of hydrogen-bond donors (Lipinski definition) is 2. The molecule has 2 aromatic rings. The van der Waals surface area contributed by atoms with Gasteiger partial charge in [-0.15, -0.1) is 10.2 Å². The average Bonchev–Trinajstić information content (AvgIpc) is 2.82. The van der Waals surface area contributed by atoms with Crippen molar-refractivity contribution in [3.05, 3.63) is 30.5 Å². The summed E-state index contributed by atoms with van der Waals surface area (Å²) in [5.74, 6) is 0.967. The molecule has 2 aromatic heterocycles. The molecular weight excluding hydrogens is 226 g/mol. The molecule has 2 N–H and O–H groups in total. The van der Waals surface area contributed by atoms with Gasteiger partial charge < -0.3 is 15.2 Å². The fourth-order valence-electron chi connectivity index (χ4n) is 2.20. The van der Waals surface area contributed by atoms with Crippen LogP contribution in [0.4, 0.5) is 5.82 Å². The van der Waals surface area contributed by atoms with Crippen LogP contribution in [0.2, 0.25) is 0 Å². The minimum absolute atomic E-state index is 0.886. The lowest BCUT2D eigenvalue weighted by molar-refractivity contribution is 0.724. The van der Waals surface area contributed by atoms with E-state index in [0.29, 0.717) is 0 Å². The van der Waals surface area contributed by atoms with Crippen LogP contribution in [0.1, 0.15) is 6.42 Å². The van der Waals surface area contributed by atoms with Crippen LogP contribution < -0.4 is 10.2 Å². The number of aromatic amines is 1. The van der Waals surface area contributed by atoms with E-state index in [1.54, 1.807) is 0 Å². The first-order valence-electron chi connectivity index (χ1n) is 6.37. The van der Waals surface area contributed by atoms with Gasteiger partial charge in [0.05, 0.1) is 5.69 Å². The highest BCUT2D eigenvalue weighted by Gasteiger charge is 2.11. The first-order valence-corrected chi connectivity index (χ1v) is 6.37. The van der Waals surface area contributed by atoms with Gasteiger partial charge in [0.1, 0.15) is 5.69 Å². The van der Waals surface area contributed by atoms with Crippen LogP contribution in [0, 0.1) is 0 Å². The summed E-state index contributed by atoms with van der Waals surface area (Å²) in [5, 5.41) is 12.0. The summed E-state index contributed by atoms with van der Waals surface area (Å²) >= 11 is 0. The minimum atomic E-state index is 0.886. The number of hydrogen-bond acceptors (Lipinski definition) is 4. The van der Waals surface area contributed by atoms with Gasteiger partial charge in [0, 0.05) is 25.8 Å². The molecule has 3 rings (SSSR count). The largest absolute Gasteiger partial charge is 0.360 e. The number of aromatic nitrogens is 3. The van der Waals surface area contributed by atoms with Gasteiger partial charge in [-0.3, -0.25) is 0 Å². The van der Waals surface area contributed by atoms with E-state index in [0.717, 1.165) is 49.8 Å². The molecule has 94 valence electrons. The Balaban J connectivity index is 1.78. The molecule has 1 fully saturated rings. The van der Waals surface area contributed by atoms with E-state index in [2.05, 4.69) is 31.5 Å². The van der Waals surface area contributed by atoms with E-state index in [4.69, 9.17) is 0 Å². The molecule has 0 saturated carbocycles. The summed E-state index contributed by atoms with van der Waals surface area (Å²) in [6, 6.07) is 8.03. The molecule has 1 saturated heterocycles. The average molecular weight is 243 g/mol. The molecular formula is C13H17N5. The van der Waals surface area contributed by atoms with Crippen molar-refractivity contribution in [3.8, 4) is 11.4 Å². The normalized spacial score (nSPS) is 16.6. The fraction of sp³-hybridized carbons (Fsp3) is 0.385. The van der Waals surface area contributed by atoms with Gasteiger partial charge in [0.2, 0.25) is 0 Å². The van der Waals surface area contributed by atoms with E-state index in [-0.39, 0.29) is 0 Å². The van der Waals surface area contributed by atoms with Crippen LogP contribution in [0.25, 0.3) is 11.4 Å². The highest BCUT2D eigenvalue weighted by atomic mass is 15.3. The van der Waals surface area contributed by atoms with Crippen molar-refractivity contribution in [1.82, 2.24) is 20.5 Å². The van der Waals surface area contributed by atoms with Crippen molar-refractivity contribution < 1.29 is 0 Å². The molecule has 1 aliphatic rings. The minimum Gasteiger partial charge on any atom is -0.360 e. The zero-order valence-electron chi connectivity index (χ0n) is 10.3. The molecule has 0 radical (unpaired) electrons. The summed E-state index contributed by atoms with van der Waals surface area (Å²) in [4.78, 5) is 5.42. The van der Waals surface area contributed by atoms with Gasteiger partial charge in [-0.25, -0.2) is 0 Å². The fourth-order valence-corrected chi connectivity index (χ4v) is 2.20. The molecule has 5 nitrogen and oxygen atoms in total. The monoisotopic (exact) mass is 243 g/mol. The Bertz CT molecular complexity index is 469. The predicted octanol–water partition coefficient (Wildman–Crippen LogP) is 1.27. The summed E-state index contributed by atoms with van der Waals surface area (Å²) in [7, 11) is 0. The quantitative estimate of drug-likeness (QED) is 0.834. The van der Waals surface area contributed by atoms with Crippen LogP contribution in [-0.2, 0) is 0 Å². The second-order valence-electron chi connectivity index (χ2n) is 4.45. The van der Waals surface area contributed by atoms with E-state index in [1.807, 2.05) is 24.4 Å². The predicted molar refractivity (Wildman–Crippen MR) is 71.5 cm³/mol. The number of nitrogens with one attached hydrogen (secondary N) is 2. The van der Waals surface area contributed by atoms with Crippen LogP contribution in [-0.4, -0.2) is 41.4 Å². The summed E-state index contributed by atoms with van der Waals surface area (Å²) in [5.41, 5.74) is 1.89. The van der Waals surface area contributed by atoms with E-state index in [9.17, 15) is 0 Å². The lowest BCUT2D eigenvalue weighted by atomic mass is 10.3. The van der Waals surface area contributed by atoms with Gasteiger partial charge in [0.25, 0.3) is 0 Å². The zero-order valence-corrected chi connectivity index (χ0v) is 10.3. The summed E-state index contributed by atoms with van der Waals surface area (Å²) in [6.07, 6.45) is 3.05. The molecule has 0 unspecified atom stereocenters. The Labute approximate surface area is 106 Å². The van der Waals surface area contributed by atoms with Crippen molar-refractivity contribution >= 4 is 5.82 Å². The first-order chi connectivity index (χ1) is 8.93. The van der Waals surface area contributed by atoms with E-state index < -0.39 is 0 Å². The van der Waals surface area contributed by atoms with Crippen molar-refractivity contribution in [1.29, 1.82) is 0 Å².